The number of imidazole rings is 1. The number of likely N-dealkylation sites (tertiary alicyclic amines) is 1. The highest BCUT2D eigenvalue weighted by atomic mass is 79.9. The quantitative estimate of drug-likeness (QED) is 0.591. The maximum absolute atomic E-state index is 13.5. The van der Waals surface area contributed by atoms with E-state index < -0.39 is 5.60 Å². The number of carbonyl (C=O) groups is 1. The lowest BCUT2D eigenvalue weighted by molar-refractivity contribution is 0.0188. The topological polar surface area (TPSA) is 108 Å². The maximum atomic E-state index is 13.5. The standard InChI is InChI=1S/C21H25BrN6O3/c1-21(2,3)31-20(30)26-10-8-15(9-11-26)28-18-16(17(23)24-12-25-18)27(19(28)29)14-6-4-13(22)5-7-14/h4-7,12,15H,8-11H2,1-3H3,(H2,23,24,25). The fourth-order valence-corrected chi connectivity index (χ4v) is 4.12. The molecule has 4 rings (SSSR count). The third-order valence-corrected chi connectivity index (χ3v) is 5.78. The van der Waals surface area contributed by atoms with Gasteiger partial charge in [0.15, 0.2) is 11.5 Å². The normalized spacial score (nSPS) is 15.4. The van der Waals surface area contributed by atoms with Gasteiger partial charge in [0.1, 0.15) is 17.4 Å². The molecule has 3 heterocycles. The average Bonchev–Trinajstić information content (AvgIpc) is 3.01. The molecule has 0 spiro atoms. The maximum Gasteiger partial charge on any atom is 0.410 e. The number of nitrogens with zero attached hydrogens (tertiary/aromatic N) is 5. The van der Waals surface area contributed by atoms with Crippen LogP contribution < -0.4 is 11.4 Å². The third kappa shape index (κ3) is 4.16. The number of anilines is 1. The van der Waals surface area contributed by atoms with E-state index in [0.717, 1.165) is 4.47 Å². The summed E-state index contributed by atoms with van der Waals surface area (Å²) in [4.78, 5) is 36.1. The zero-order chi connectivity index (χ0) is 22.3. The van der Waals surface area contributed by atoms with Crippen molar-refractivity contribution in [3.8, 4) is 5.69 Å². The van der Waals surface area contributed by atoms with Crippen molar-refractivity contribution in [1.82, 2.24) is 24.0 Å². The van der Waals surface area contributed by atoms with Gasteiger partial charge in [0.25, 0.3) is 0 Å². The van der Waals surface area contributed by atoms with Crippen LogP contribution in [-0.2, 0) is 4.74 Å². The predicted octanol–water partition coefficient (Wildman–Crippen LogP) is 3.50. The monoisotopic (exact) mass is 488 g/mol. The van der Waals surface area contributed by atoms with Crippen LogP contribution in [0.25, 0.3) is 16.9 Å². The summed E-state index contributed by atoms with van der Waals surface area (Å²) in [5.74, 6) is 0.245. The number of hydrogen-bond acceptors (Lipinski definition) is 6. The molecule has 1 aliphatic rings. The molecule has 0 atom stereocenters. The molecule has 9 nitrogen and oxygen atoms in total. The molecule has 0 unspecified atom stereocenters. The van der Waals surface area contributed by atoms with Crippen LogP contribution in [0.1, 0.15) is 39.7 Å². The Labute approximate surface area is 188 Å². The van der Waals surface area contributed by atoms with E-state index in [0.29, 0.717) is 42.8 Å². The first kappa shape index (κ1) is 21.4. The highest BCUT2D eigenvalue weighted by Gasteiger charge is 2.31. The molecule has 1 saturated heterocycles. The summed E-state index contributed by atoms with van der Waals surface area (Å²) < 4.78 is 9.62. The zero-order valence-corrected chi connectivity index (χ0v) is 19.3. The Bertz CT molecular complexity index is 1170. The van der Waals surface area contributed by atoms with Gasteiger partial charge in [0, 0.05) is 23.6 Å². The molecule has 0 saturated carbocycles. The lowest BCUT2D eigenvalue weighted by atomic mass is 10.1. The lowest BCUT2D eigenvalue weighted by Crippen LogP contribution is -2.43. The second-order valence-corrected chi connectivity index (χ2v) is 9.51. The first-order chi connectivity index (χ1) is 14.7. The van der Waals surface area contributed by atoms with Gasteiger partial charge in [-0.3, -0.25) is 9.13 Å². The van der Waals surface area contributed by atoms with Gasteiger partial charge in [-0.25, -0.2) is 19.6 Å². The minimum Gasteiger partial charge on any atom is -0.444 e. The van der Waals surface area contributed by atoms with Crippen LogP contribution in [0, 0.1) is 0 Å². The highest BCUT2D eigenvalue weighted by Crippen LogP contribution is 2.28. The first-order valence-corrected chi connectivity index (χ1v) is 10.9. The van der Waals surface area contributed by atoms with Crippen LogP contribution in [0.3, 0.4) is 0 Å². The molecular weight excluding hydrogens is 464 g/mol. The number of hydrogen-bond donors (Lipinski definition) is 1. The summed E-state index contributed by atoms with van der Waals surface area (Å²) in [7, 11) is 0. The Balaban J connectivity index is 1.69. The largest absolute Gasteiger partial charge is 0.444 e. The molecule has 0 bridgehead atoms. The van der Waals surface area contributed by atoms with Gasteiger partial charge in [-0.2, -0.15) is 0 Å². The minimum absolute atomic E-state index is 0.111. The minimum atomic E-state index is -0.544. The Kier molecular flexibility index (Phi) is 5.50. The first-order valence-electron chi connectivity index (χ1n) is 10.1. The van der Waals surface area contributed by atoms with Crippen LogP contribution in [0.4, 0.5) is 10.6 Å². The van der Waals surface area contributed by atoms with Gasteiger partial charge in [0.2, 0.25) is 0 Å². The van der Waals surface area contributed by atoms with E-state index in [1.54, 1.807) is 14.0 Å². The summed E-state index contributed by atoms with van der Waals surface area (Å²) in [5, 5.41) is 0. The number of carbonyl (C=O) groups excluding carboxylic acids is 1. The van der Waals surface area contributed by atoms with Gasteiger partial charge < -0.3 is 15.4 Å². The fourth-order valence-electron chi connectivity index (χ4n) is 3.86. The van der Waals surface area contributed by atoms with Crippen LogP contribution in [0.2, 0.25) is 0 Å². The second-order valence-electron chi connectivity index (χ2n) is 8.59. The Morgan fingerprint density at radius 1 is 1.16 bits per heavy atom. The fraction of sp³-hybridized carbons (Fsp3) is 0.429. The molecule has 10 heteroatoms. The second kappa shape index (κ2) is 7.99. The molecule has 3 aromatic rings. The van der Waals surface area contributed by atoms with Gasteiger partial charge >= 0.3 is 11.8 Å². The molecule has 2 aromatic heterocycles. The van der Waals surface area contributed by atoms with Crippen LogP contribution in [-0.4, -0.2) is 48.8 Å². The number of rotatable bonds is 2. The average molecular weight is 489 g/mol. The predicted molar refractivity (Wildman–Crippen MR) is 121 cm³/mol. The number of fused-ring (bicyclic) bond motifs is 1. The number of nitrogens with two attached hydrogens (primary N) is 1. The van der Waals surface area contributed by atoms with Crippen molar-refractivity contribution >= 4 is 39.0 Å². The van der Waals surface area contributed by atoms with Crippen molar-refractivity contribution in [2.45, 2.75) is 45.3 Å². The van der Waals surface area contributed by atoms with Crippen molar-refractivity contribution in [1.29, 1.82) is 0 Å². The molecular formula is C21H25BrN6O3. The van der Waals surface area contributed by atoms with Crippen LogP contribution in [0.5, 0.6) is 0 Å². The van der Waals surface area contributed by atoms with E-state index in [4.69, 9.17) is 10.5 Å². The van der Waals surface area contributed by atoms with Crippen molar-refractivity contribution in [2.24, 2.45) is 0 Å². The molecule has 2 N–H and O–H groups in total. The molecule has 0 aliphatic carbocycles. The number of aromatic nitrogens is 4. The molecule has 1 aliphatic heterocycles. The molecule has 1 amide bonds. The lowest BCUT2D eigenvalue weighted by Gasteiger charge is -2.33. The molecule has 31 heavy (non-hydrogen) atoms. The summed E-state index contributed by atoms with van der Waals surface area (Å²) >= 11 is 3.42. The van der Waals surface area contributed by atoms with E-state index in [-0.39, 0.29) is 23.6 Å². The van der Waals surface area contributed by atoms with Gasteiger partial charge in [-0.15, -0.1) is 0 Å². The van der Waals surface area contributed by atoms with E-state index >= 15 is 0 Å². The molecule has 164 valence electrons. The Hall–Kier alpha value is -2.88. The molecule has 1 aromatic carbocycles. The van der Waals surface area contributed by atoms with Crippen molar-refractivity contribution in [3.63, 3.8) is 0 Å². The number of amides is 1. The summed E-state index contributed by atoms with van der Waals surface area (Å²) in [5.41, 5.74) is 7.06. The number of nitrogen functional groups attached to an aromatic ring is 1. The Morgan fingerprint density at radius 2 is 1.81 bits per heavy atom. The molecule has 0 radical (unpaired) electrons. The summed E-state index contributed by atoms with van der Waals surface area (Å²) in [6, 6.07) is 7.30. The summed E-state index contributed by atoms with van der Waals surface area (Å²) in [6.07, 6.45) is 2.27. The van der Waals surface area contributed by atoms with Gasteiger partial charge in [0.05, 0.1) is 5.69 Å². The van der Waals surface area contributed by atoms with E-state index in [2.05, 4.69) is 25.9 Å². The number of benzene rings is 1. The van der Waals surface area contributed by atoms with E-state index in [1.807, 2.05) is 45.0 Å². The smallest absolute Gasteiger partial charge is 0.410 e. The van der Waals surface area contributed by atoms with Crippen molar-refractivity contribution in [2.75, 3.05) is 18.8 Å². The molecule has 1 fully saturated rings. The zero-order valence-electron chi connectivity index (χ0n) is 17.7. The summed E-state index contributed by atoms with van der Waals surface area (Å²) in [6.45, 7) is 6.53. The van der Waals surface area contributed by atoms with Crippen molar-refractivity contribution in [3.05, 3.63) is 45.5 Å². The number of ether oxygens (including phenoxy) is 1. The van der Waals surface area contributed by atoms with Crippen LogP contribution in [0.15, 0.2) is 39.9 Å². The number of piperidine rings is 1. The van der Waals surface area contributed by atoms with E-state index in [9.17, 15) is 9.59 Å². The van der Waals surface area contributed by atoms with Crippen molar-refractivity contribution < 1.29 is 9.53 Å². The van der Waals surface area contributed by atoms with Crippen LogP contribution >= 0.6 is 15.9 Å². The van der Waals surface area contributed by atoms with E-state index in [1.165, 1.54) is 6.33 Å². The Morgan fingerprint density at radius 3 is 2.42 bits per heavy atom. The van der Waals surface area contributed by atoms with Gasteiger partial charge in [-0.1, -0.05) is 15.9 Å². The van der Waals surface area contributed by atoms with Gasteiger partial charge in [-0.05, 0) is 57.9 Å². The SMILES string of the molecule is CC(C)(C)OC(=O)N1CCC(n2c(=O)n(-c3ccc(Br)cc3)c3c(N)ncnc32)CC1. The highest BCUT2D eigenvalue weighted by molar-refractivity contribution is 9.10. The third-order valence-electron chi connectivity index (χ3n) is 5.25. The number of halogens is 1.